The Bertz CT molecular complexity index is 684. The van der Waals surface area contributed by atoms with Crippen LogP contribution in [0.4, 0.5) is 0 Å². The van der Waals surface area contributed by atoms with Gasteiger partial charge in [0.15, 0.2) is 5.78 Å². The van der Waals surface area contributed by atoms with Crippen LogP contribution in [0.1, 0.15) is 52.8 Å². The number of nitrogens with two attached hydrogens (primary N) is 1. The molecule has 0 aromatic heterocycles. The Kier molecular flexibility index (Phi) is 3.54. The summed E-state index contributed by atoms with van der Waals surface area (Å²) < 4.78 is 0. The number of rotatable bonds is 4. The van der Waals surface area contributed by atoms with Gasteiger partial charge in [-0.2, -0.15) is 0 Å². The summed E-state index contributed by atoms with van der Waals surface area (Å²) in [4.78, 5) is 25.5. The van der Waals surface area contributed by atoms with Crippen LogP contribution >= 0.6 is 11.8 Å². The first-order valence-corrected chi connectivity index (χ1v) is 9.36. The standard InChI is InChI=1S/C18H22N2O2S/c19-10-18(9-17(18)5-1-6-17)11-20-16(22)12-2-3-15-13(8-12)14(21)4-7-23-15/h2-3,8H,1,4-7,9-11,19H2,(H,20,22). The predicted molar refractivity (Wildman–Crippen MR) is 90.8 cm³/mol. The van der Waals surface area contributed by atoms with E-state index in [9.17, 15) is 9.59 Å². The van der Waals surface area contributed by atoms with Gasteiger partial charge in [-0.25, -0.2) is 0 Å². The highest BCUT2D eigenvalue weighted by Crippen LogP contribution is 2.73. The SMILES string of the molecule is NCC1(CNC(=O)c2ccc3c(c2)C(=O)CCS3)CC12CCC2. The van der Waals surface area contributed by atoms with E-state index in [2.05, 4.69) is 5.32 Å². The zero-order chi connectivity index (χ0) is 16.1. The van der Waals surface area contributed by atoms with Gasteiger partial charge in [0.1, 0.15) is 0 Å². The molecule has 3 aliphatic rings. The van der Waals surface area contributed by atoms with E-state index in [-0.39, 0.29) is 17.1 Å². The quantitative estimate of drug-likeness (QED) is 0.890. The number of nitrogens with one attached hydrogen (secondary N) is 1. The average Bonchev–Trinajstić information content (AvgIpc) is 3.23. The molecule has 0 bridgehead atoms. The lowest BCUT2D eigenvalue weighted by molar-refractivity contribution is 0.0933. The van der Waals surface area contributed by atoms with E-state index in [4.69, 9.17) is 5.73 Å². The molecule has 1 atom stereocenters. The number of carbonyl (C=O) groups is 2. The molecular formula is C18H22N2O2S. The minimum Gasteiger partial charge on any atom is -0.351 e. The zero-order valence-electron chi connectivity index (χ0n) is 13.2. The lowest BCUT2D eigenvalue weighted by atomic mass is 9.75. The number of hydrogen-bond acceptors (Lipinski definition) is 4. The first-order valence-electron chi connectivity index (χ1n) is 8.38. The summed E-state index contributed by atoms with van der Waals surface area (Å²) in [6, 6.07) is 5.47. The van der Waals surface area contributed by atoms with Crippen LogP contribution in [0.3, 0.4) is 0 Å². The first-order chi connectivity index (χ1) is 11.1. The van der Waals surface area contributed by atoms with Crippen molar-refractivity contribution >= 4 is 23.5 Å². The van der Waals surface area contributed by atoms with Crippen LogP contribution in [0.15, 0.2) is 23.1 Å². The molecule has 3 N–H and O–H groups in total. The molecule has 2 fully saturated rings. The Hall–Kier alpha value is -1.33. The number of carbonyl (C=O) groups excluding carboxylic acids is 2. The second-order valence-electron chi connectivity index (χ2n) is 7.21. The lowest BCUT2D eigenvalue weighted by Gasteiger charge is -2.32. The number of thioether (sulfide) groups is 1. The third kappa shape index (κ3) is 2.32. The fourth-order valence-corrected chi connectivity index (χ4v) is 5.28. The van der Waals surface area contributed by atoms with Crippen molar-refractivity contribution in [1.82, 2.24) is 5.32 Å². The van der Waals surface area contributed by atoms with Gasteiger partial charge in [-0.05, 0) is 42.9 Å². The monoisotopic (exact) mass is 330 g/mol. The van der Waals surface area contributed by atoms with E-state index in [1.165, 1.54) is 19.3 Å². The van der Waals surface area contributed by atoms with E-state index < -0.39 is 0 Å². The zero-order valence-corrected chi connectivity index (χ0v) is 14.0. The van der Waals surface area contributed by atoms with Gasteiger partial charge in [-0.1, -0.05) is 6.42 Å². The fraction of sp³-hybridized carbons (Fsp3) is 0.556. The van der Waals surface area contributed by atoms with E-state index in [1.54, 1.807) is 17.8 Å². The van der Waals surface area contributed by atoms with Crippen molar-refractivity contribution in [3.63, 3.8) is 0 Å². The molecule has 23 heavy (non-hydrogen) atoms. The third-order valence-electron chi connectivity index (χ3n) is 6.09. The van der Waals surface area contributed by atoms with Crippen molar-refractivity contribution in [3.8, 4) is 0 Å². The summed E-state index contributed by atoms with van der Waals surface area (Å²) in [5.74, 6) is 0.881. The summed E-state index contributed by atoms with van der Waals surface area (Å²) in [6.45, 7) is 1.30. The first kappa shape index (κ1) is 15.2. The number of amides is 1. The Balaban J connectivity index is 1.45. The molecule has 122 valence electrons. The van der Waals surface area contributed by atoms with Crippen LogP contribution in [-0.2, 0) is 0 Å². The topological polar surface area (TPSA) is 72.2 Å². The molecule has 2 aliphatic carbocycles. The molecule has 1 aromatic rings. The van der Waals surface area contributed by atoms with Crippen LogP contribution in [0.25, 0.3) is 0 Å². The van der Waals surface area contributed by atoms with Crippen LogP contribution in [0.2, 0.25) is 0 Å². The van der Waals surface area contributed by atoms with Gasteiger partial charge in [0.2, 0.25) is 0 Å². The van der Waals surface area contributed by atoms with E-state index in [0.717, 1.165) is 17.1 Å². The van der Waals surface area contributed by atoms with Crippen molar-refractivity contribution in [2.24, 2.45) is 16.6 Å². The minimum atomic E-state index is -0.0922. The molecule has 1 unspecified atom stereocenters. The molecule has 1 heterocycles. The number of fused-ring (bicyclic) bond motifs is 1. The highest BCUT2D eigenvalue weighted by atomic mass is 32.2. The summed E-state index contributed by atoms with van der Waals surface area (Å²) >= 11 is 1.69. The predicted octanol–water partition coefficient (Wildman–Crippen LogP) is 2.61. The fourth-order valence-electron chi connectivity index (χ4n) is 4.28. The number of benzene rings is 1. The molecule has 1 aliphatic heterocycles. The Morgan fingerprint density at radius 3 is 2.83 bits per heavy atom. The van der Waals surface area contributed by atoms with Gasteiger partial charge in [-0.3, -0.25) is 9.59 Å². The molecule has 4 rings (SSSR count). The van der Waals surface area contributed by atoms with Crippen LogP contribution in [0, 0.1) is 10.8 Å². The molecular weight excluding hydrogens is 308 g/mol. The molecule has 2 saturated carbocycles. The van der Waals surface area contributed by atoms with Crippen molar-refractivity contribution in [2.75, 3.05) is 18.8 Å². The van der Waals surface area contributed by atoms with E-state index >= 15 is 0 Å². The largest absolute Gasteiger partial charge is 0.351 e. The van der Waals surface area contributed by atoms with Crippen LogP contribution < -0.4 is 11.1 Å². The second-order valence-corrected chi connectivity index (χ2v) is 8.35. The second kappa shape index (κ2) is 5.35. The minimum absolute atomic E-state index is 0.0922. The van der Waals surface area contributed by atoms with Crippen molar-refractivity contribution in [1.29, 1.82) is 0 Å². The average molecular weight is 330 g/mol. The third-order valence-corrected chi connectivity index (χ3v) is 7.17. The van der Waals surface area contributed by atoms with Gasteiger partial charge in [0.25, 0.3) is 5.91 Å². The smallest absolute Gasteiger partial charge is 0.251 e. The van der Waals surface area contributed by atoms with Gasteiger partial charge >= 0.3 is 0 Å². The summed E-state index contributed by atoms with van der Waals surface area (Å²) in [5.41, 5.74) is 7.79. The summed E-state index contributed by atoms with van der Waals surface area (Å²) in [6.07, 6.45) is 5.51. The van der Waals surface area contributed by atoms with Gasteiger partial charge in [-0.15, -0.1) is 11.8 Å². The molecule has 0 saturated heterocycles. The maximum absolute atomic E-state index is 12.5. The van der Waals surface area contributed by atoms with Crippen LogP contribution in [-0.4, -0.2) is 30.5 Å². The highest BCUT2D eigenvalue weighted by Gasteiger charge is 2.68. The summed E-state index contributed by atoms with van der Waals surface area (Å²) in [5, 5.41) is 3.06. The normalized spacial score (nSPS) is 27.3. The molecule has 4 nitrogen and oxygen atoms in total. The van der Waals surface area contributed by atoms with Crippen molar-refractivity contribution in [2.45, 2.75) is 37.0 Å². The molecule has 1 amide bonds. The highest BCUT2D eigenvalue weighted by molar-refractivity contribution is 7.99. The van der Waals surface area contributed by atoms with Gasteiger partial charge < -0.3 is 11.1 Å². The van der Waals surface area contributed by atoms with E-state index in [0.29, 0.717) is 36.1 Å². The van der Waals surface area contributed by atoms with Crippen molar-refractivity contribution < 1.29 is 9.59 Å². The van der Waals surface area contributed by atoms with Gasteiger partial charge in [0, 0.05) is 46.7 Å². The number of hydrogen-bond donors (Lipinski definition) is 2. The maximum atomic E-state index is 12.5. The Morgan fingerprint density at radius 2 is 2.17 bits per heavy atom. The lowest BCUT2D eigenvalue weighted by Crippen LogP contribution is -2.39. The van der Waals surface area contributed by atoms with Crippen molar-refractivity contribution in [3.05, 3.63) is 29.3 Å². The number of Topliss-reactive ketones (excluding diaryl/α,β-unsaturated/α-hetero) is 1. The van der Waals surface area contributed by atoms with Crippen LogP contribution in [0.5, 0.6) is 0 Å². The Labute approximate surface area is 140 Å². The molecule has 5 heteroatoms. The van der Waals surface area contributed by atoms with E-state index in [1.807, 2.05) is 12.1 Å². The molecule has 1 spiro atoms. The molecule has 0 radical (unpaired) electrons. The van der Waals surface area contributed by atoms with Gasteiger partial charge in [0.05, 0.1) is 0 Å². The molecule has 1 aromatic carbocycles. The maximum Gasteiger partial charge on any atom is 0.251 e. The Morgan fingerprint density at radius 1 is 1.35 bits per heavy atom. The summed E-state index contributed by atoms with van der Waals surface area (Å²) in [7, 11) is 0. The number of ketones is 1.